The highest BCUT2D eigenvalue weighted by Gasteiger charge is 2.13. The van der Waals surface area contributed by atoms with E-state index in [0.717, 1.165) is 6.42 Å². The first-order valence-electron chi connectivity index (χ1n) is 5.85. The van der Waals surface area contributed by atoms with E-state index < -0.39 is 0 Å². The van der Waals surface area contributed by atoms with Crippen molar-refractivity contribution in [2.75, 3.05) is 23.3 Å². The fourth-order valence-corrected chi connectivity index (χ4v) is 1.51. The highest BCUT2D eigenvalue weighted by atomic mass is 35.5. The lowest BCUT2D eigenvalue weighted by atomic mass is 10.3. The number of allylic oxidation sites excluding steroid dienone is 1. The lowest BCUT2D eigenvalue weighted by molar-refractivity contribution is 0.936. The van der Waals surface area contributed by atoms with E-state index in [9.17, 15) is 0 Å². The van der Waals surface area contributed by atoms with E-state index in [0.29, 0.717) is 12.2 Å². The summed E-state index contributed by atoms with van der Waals surface area (Å²) in [6.45, 7) is 2.70. The molecule has 9 heteroatoms. The minimum atomic E-state index is -0.314. The number of nitrogens with zero attached hydrogens (tertiary/aromatic N) is 3. The third-order valence-electron chi connectivity index (χ3n) is 2.20. The molecule has 0 saturated carbocycles. The molecule has 0 amide bonds. The maximum Gasteiger partial charge on any atom is 0.231 e. The van der Waals surface area contributed by atoms with Crippen LogP contribution in [0.1, 0.15) is 18.9 Å². The molecule has 0 aliphatic rings. The van der Waals surface area contributed by atoms with Gasteiger partial charge in [0, 0.05) is 19.0 Å². The SMILES string of the molecule is CCCN=CC(=CN)Nc1nc(N)c(C(=N)Cl)c(N)n1. The second kappa shape index (κ2) is 7.29. The van der Waals surface area contributed by atoms with E-state index >= 15 is 0 Å². The number of nitrogens with two attached hydrogens (primary N) is 3. The number of hydrogen-bond acceptors (Lipinski definition) is 8. The lowest BCUT2D eigenvalue weighted by Crippen LogP contribution is -2.13. The molecule has 108 valence electrons. The zero-order chi connectivity index (χ0) is 15.1. The van der Waals surface area contributed by atoms with Gasteiger partial charge in [-0.1, -0.05) is 18.5 Å². The number of rotatable bonds is 6. The normalized spacial score (nSPS) is 11.8. The van der Waals surface area contributed by atoms with E-state index in [1.807, 2.05) is 6.92 Å². The highest BCUT2D eigenvalue weighted by molar-refractivity contribution is 6.69. The van der Waals surface area contributed by atoms with E-state index in [2.05, 4.69) is 20.3 Å². The fourth-order valence-electron chi connectivity index (χ4n) is 1.32. The second-order valence-corrected chi connectivity index (χ2v) is 4.17. The predicted octanol–water partition coefficient (Wildman–Crippen LogP) is 0.898. The molecule has 1 aromatic rings. The van der Waals surface area contributed by atoms with Crippen molar-refractivity contribution in [2.24, 2.45) is 10.7 Å². The molecule has 0 aromatic carbocycles. The van der Waals surface area contributed by atoms with E-state index in [4.69, 9.17) is 34.2 Å². The summed E-state index contributed by atoms with van der Waals surface area (Å²) in [5.74, 6) is 0.185. The molecule has 0 bridgehead atoms. The van der Waals surface area contributed by atoms with Crippen LogP contribution in [0, 0.1) is 5.41 Å². The molecular formula is C11H17ClN8. The molecule has 0 saturated heterocycles. The summed E-state index contributed by atoms with van der Waals surface area (Å²) < 4.78 is 0. The van der Waals surface area contributed by atoms with Gasteiger partial charge in [-0.25, -0.2) is 0 Å². The van der Waals surface area contributed by atoms with Gasteiger partial charge in [0.15, 0.2) is 0 Å². The van der Waals surface area contributed by atoms with Crippen molar-refractivity contribution in [3.8, 4) is 0 Å². The molecule has 1 heterocycles. The van der Waals surface area contributed by atoms with Crippen LogP contribution in [-0.4, -0.2) is 27.9 Å². The zero-order valence-electron chi connectivity index (χ0n) is 11.0. The number of aromatic nitrogens is 2. The van der Waals surface area contributed by atoms with Crippen molar-refractivity contribution in [3.63, 3.8) is 0 Å². The van der Waals surface area contributed by atoms with Gasteiger partial charge in [0.1, 0.15) is 16.8 Å². The summed E-state index contributed by atoms with van der Waals surface area (Å²) >= 11 is 5.55. The van der Waals surface area contributed by atoms with Crippen molar-refractivity contribution in [2.45, 2.75) is 13.3 Å². The van der Waals surface area contributed by atoms with Crippen LogP contribution >= 0.6 is 11.6 Å². The van der Waals surface area contributed by atoms with Gasteiger partial charge in [-0.3, -0.25) is 10.4 Å². The minimum Gasteiger partial charge on any atom is -0.403 e. The number of anilines is 3. The number of halogens is 1. The first-order chi connectivity index (χ1) is 9.49. The Balaban J connectivity index is 2.96. The number of aliphatic imine (C=N–C) groups is 1. The molecule has 0 atom stereocenters. The largest absolute Gasteiger partial charge is 0.403 e. The summed E-state index contributed by atoms with van der Waals surface area (Å²) in [6.07, 6.45) is 3.82. The van der Waals surface area contributed by atoms with E-state index in [1.165, 1.54) is 6.20 Å². The Labute approximate surface area is 121 Å². The molecule has 0 unspecified atom stereocenters. The van der Waals surface area contributed by atoms with Gasteiger partial charge < -0.3 is 22.5 Å². The summed E-state index contributed by atoms with van der Waals surface area (Å²) in [6, 6.07) is 0. The van der Waals surface area contributed by atoms with Crippen molar-refractivity contribution in [1.29, 1.82) is 5.41 Å². The highest BCUT2D eigenvalue weighted by Crippen LogP contribution is 2.20. The second-order valence-electron chi connectivity index (χ2n) is 3.79. The molecule has 8 N–H and O–H groups in total. The smallest absolute Gasteiger partial charge is 0.231 e. The number of hydrogen-bond donors (Lipinski definition) is 5. The van der Waals surface area contributed by atoms with Crippen LogP contribution in [0.3, 0.4) is 0 Å². The van der Waals surface area contributed by atoms with Crippen molar-refractivity contribution in [1.82, 2.24) is 9.97 Å². The van der Waals surface area contributed by atoms with Gasteiger partial charge in [-0.05, 0) is 6.42 Å². The zero-order valence-corrected chi connectivity index (χ0v) is 11.8. The van der Waals surface area contributed by atoms with Gasteiger partial charge in [-0.15, -0.1) is 0 Å². The third kappa shape index (κ3) is 4.09. The molecule has 1 aromatic heterocycles. The molecule has 0 fully saturated rings. The van der Waals surface area contributed by atoms with Crippen LogP contribution in [0.25, 0.3) is 0 Å². The Morgan fingerprint density at radius 3 is 2.45 bits per heavy atom. The number of nitrogen functional groups attached to an aromatic ring is 2. The Bertz CT molecular complexity index is 528. The quantitative estimate of drug-likeness (QED) is 0.492. The van der Waals surface area contributed by atoms with Gasteiger partial charge in [-0.2, -0.15) is 9.97 Å². The van der Waals surface area contributed by atoms with Gasteiger partial charge in [0.25, 0.3) is 0 Å². The molecular weight excluding hydrogens is 280 g/mol. The fraction of sp³-hybridized carbons (Fsp3) is 0.273. The Morgan fingerprint density at radius 1 is 1.40 bits per heavy atom. The average molecular weight is 297 g/mol. The molecule has 20 heavy (non-hydrogen) atoms. The molecule has 1 rings (SSSR count). The van der Waals surface area contributed by atoms with Gasteiger partial charge >= 0.3 is 0 Å². The molecule has 0 radical (unpaired) electrons. The van der Waals surface area contributed by atoms with Gasteiger partial charge in [0.05, 0.1) is 11.3 Å². The van der Waals surface area contributed by atoms with Crippen LogP contribution in [0.4, 0.5) is 17.6 Å². The Hall–Kier alpha value is -2.35. The number of nitrogens with one attached hydrogen (secondary N) is 2. The summed E-state index contributed by atoms with van der Waals surface area (Å²) in [4.78, 5) is 12.1. The van der Waals surface area contributed by atoms with E-state index in [1.54, 1.807) is 6.21 Å². The molecule has 0 aliphatic heterocycles. The first kappa shape index (κ1) is 15.7. The summed E-state index contributed by atoms with van der Waals surface area (Å²) in [5.41, 5.74) is 17.4. The van der Waals surface area contributed by atoms with Gasteiger partial charge in [0.2, 0.25) is 5.95 Å². The summed E-state index contributed by atoms with van der Waals surface area (Å²) in [7, 11) is 0. The van der Waals surface area contributed by atoms with Crippen LogP contribution in [-0.2, 0) is 0 Å². The average Bonchev–Trinajstić information content (AvgIpc) is 2.36. The first-order valence-corrected chi connectivity index (χ1v) is 6.23. The van der Waals surface area contributed by atoms with Crippen LogP contribution in [0.5, 0.6) is 0 Å². The third-order valence-corrected chi connectivity index (χ3v) is 2.39. The predicted molar refractivity (Wildman–Crippen MR) is 83.1 cm³/mol. The molecule has 8 nitrogen and oxygen atoms in total. The molecule has 0 spiro atoms. The topological polar surface area (TPSA) is 152 Å². The van der Waals surface area contributed by atoms with E-state index in [-0.39, 0.29) is 28.3 Å². The maximum atomic E-state index is 7.33. The van der Waals surface area contributed by atoms with Crippen molar-refractivity contribution in [3.05, 3.63) is 17.5 Å². The van der Waals surface area contributed by atoms with Crippen LogP contribution < -0.4 is 22.5 Å². The Morgan fingerprint density at radius 2 is 2.00 bits per heavy atom. The maximum absolute atomic E-state index is 7.33. The van der Waals surface area contributed by atoms with Crippen molar-refractivity contribution >= 4 is 40.6 Å². The van der Waals surface area contributed by atoms with Crippen LogP contribution in [0.15, 0.2) is 16.9 Å². The monoisotopic (exact) mass is 296 g/mol. The lowest BCUT2D eigenvalue weighted by Gasteiger charge is -2.09. The summed E-state index contributed by atoms with van der Waals surface area (Å²) in [5, 5.41) is 9.84. The molecule has 0 aliphatic carbocycles. The van der Waals surface area contributed by atoms with Crippen LogP contribution in [0.2, 0.25) is 0 Å². The minimum absolute atomic E-state index is 0.0156. The standard InChI is InChI=1S/C11H17ClN8/c1-2-3-17-5-6(4-13)18-11-19-9(15)7(8(12)14)10(16)20-11/h4-5,14H,2-3,13H2,1H3,(H5,15,16,18,19,20). The Kier molecular flexibility index (Phi) is 5.73. The van der Waals surface area contributed by atoms with Crippen molar-refractivity contribution < 1.29 is 0 Å².